The maximum absolute atomic E-state index is 11.3. The molecule has 0 heterocycles. The van der Waals surface area contributed by atoms with Gasteiger partial charge < -0.3 is 4.79 Å². The van der Waals surface area contributed by atoms with Gasteiger partial charge in [0.05, 0.1) is 0 Å². The summed E-state index contributed by atoms with van der Waals surface area (Å²) in [6, 6.07) is 10.3. The zero-order valence-electron chi connectivity index (χ0n) is 12.4. The first-order valence-corrected chi connectivity index (χ1v) is 8.04. The molecule has 1 nitrogen and oxygen atoms in total. The molecule has 1 atom stereocenters. The number of hydrogen-bond acceptors (Lipinski definition) is 1. The van der Waals surface area contributed by atoms with Crippen molar-refractivity contribution in [2.24, 2.45) is 5.92 Å². The molecule has 1 aromatic rings. The highest BCUT2D eigenvalue weighted by atomic mass is 35.5. The number of halogens is 1. The van der Waals surface area contributed by atoms with Crippen LogP contribution in [0.15, 0.2) is 36.4 Å². The Morgan fingerprint density at radius 2 is 1.85 bits per heavy atom. The average molecular weight is 293 g/mol. The minimum Gasteiger partial charge on any atom is -0.300 e. The number of ketones is 1. The lowest BCUT2D eigenvalue weighted by atomic mass is 9.94. The Labute approximate surface area is 128 Å². The van der Waals surface area contributed by atoms with Gasteiger partial charge in [-0.2, -0.15) is 0 Å². The van der Waals surface area contributed by atoms with Crippen LogP contribution >= 0.6 is 11.6 Å². The molecule has 0 unspecified atom stereocenters. The lowest BCUT2D eigenvalue weighted by molar-refractivity contribution is -0.117. The predicted octanol–water partition coefficient (Wildman–Crippen LogP) is 5.48. The predicted molar refractivity (Wildman–Crippen MR) is 88.1 cm³/mol. The van der Waals surface area contributed by atoms with E-state index in [2.05, 4.69) is 24.3 Å². The second-order valence-electron chi connectivity index (χ2n) is 5.33. The van der Waals surface area contributed by atoms with Crippen molar-refractivity contribution in [1.82, 2.24) is 0 Å². The molecule has 0 amide bonds. The molecule has 0 saturated heterocycles. The van der Waals surface area contributed by atoms with E-state index in [-0.39, 0.29) is 5.78 Å². The normalized spacial score (nSPS) is 12.7. The zero-order valence-corrected chi connectivity index (χ0v) is 13.1. The number of hydrogen-bond donors (Lipinski definition) is 0. The second kappa shape index (κ2) is 10.7. The average Bonchev–Trinajstić information content (AvgIpc) is 2.45. The van der Waals surface area contributed by atoms with Crippen LogP contribution in [0, 0.1) is 5.92 Å². The highest BCUT2D eigenvalue weighted by Gasteiger charge is 2.07. The molecule has 0 fully saturated rings. The number of benzene rings is 1. The van der Waals surface area contributed by atoms with Crippen molar-refractivity contribution in [3.05, 3.63) is 42.0 Å². The molecule has 1 aromatic carbocycles. The fourth-order valence-electron chi connectivity index (χ4n) is 2.30. The van der Waals surface area contributed by atoms with Gasteiger partial charge in [0.25, 0.3) is 0 Å². The van der Waals surface area contributed by atoms with Gasteiger partial charge in [0.2, 0.25) is 0 Å². The maximum atomic E-state index is 11.3. The molecular weight excluding hydrogens is 268 g/mol. The van der Waals surface area contributed by atoms with Gasteiger partial charge in [-0.15, -0.1) is 11.6 Å². The molecule has 0 aliphatic rings. The molecular formula is C18H25ClO. The van der Waals surface area contributed by atoms with Gasteiger partial charge in [-0.1, -0.05) is 61.7 Å². The molecule has 1 rings (SSSR count). The van der Waals surface area contributed by atoms with Gasteiger partial charge in [-0.3, -0.25) is 0 Å². The molecule has 0 spiro atoms. The van der Waals surface area contributed by atoms with E-state index >= 15 is 0 Å². The number of allylic oxidation sites excluding steroid dienone is 1. The van der Waals surface area contributed by atoms with E-state index in [1.165, 1.54) is 24.8 Å². The zero-order chi connectivity index (χ0) is 14.6. The van der Waals surface area contributed by atoms with Crippen LogP contribution in [-0.2, 0) is 4.79 Å². The van der Waals surface area contributed by atoms with Gasteiger partial charge in [-0.05, 0) is 31.2 Å². The van der Waals surface area contributed by atoms with Crippen LogP contribution in [0.4, 0.5) is 0 Å². The van der Waals surface area contributed by atoms with Crippen molar-refractivity contribution in [3.63, 3.8) is 0 Å². The summed E-state index contributed by atoms with van der Waals surface area (Å²) in [6.45, 7) is 1.68. The van der Waals surface area contributed by atoms with Crippen molar-refractivity contribution in [3.8, 4) is 0 Å². The number of rotatable bonds is 10. The van der Waals surface area contributed by atoms with E-state index in [0.29, 0.717) is 12.3 Å². The Bertz CT molecular complexity index is 397. The van der Waals surface area contributed by atoms with Crippen molar-refractivity contribution < 1.29 is 4.79 Å². The monoisotopic (exact) mass is 292 g/mol. The number of carbonyl (C=O) groups excluding carboxylic acids is 1. The molecule has 2 heteroatoms. The molecule has 0 aliphatic carbocycles. The lowest BCUT2D eigenvalue weighted by Gasteiger charge is -2.10. The maximum Gasteiger partial charge on any atom is 0.130 e. The SMILES string of the molecule is CC(=O)C[C@@H](/C=C/c1ccccc1)CCCCCCCl. The summed E-state index contributed by atoms with van der Waals surface area (Å²) in [7, 11) is 0. The van der Waals surface area contributed by atoms with Gasteiger partial charge in [-0.25, -0.2) is 0 Å². The van der Waals surface area contributed by atoms with Crippen molar-refractivity contribution in [1.29, 1.82) is 0 Å². The van der Waals surface area contributed by atoms with Gasteiger partial charge in [0, 0.05) is 12.3 Å². The van der Waals surface area contributed by atoms with Gasteiger partial charge in [0.15, 0.2) is 0 Å². The van der Waals surface area contributed by atoms with Crippen LogP contribution in [0.2, 0.25) is 0 Å². The third kappa shape index (κ3) is 8.16. The Balaban J connectivity index is 2.43. The fraction of sp³-hybridized carbons (Fsp3) is 0.500. The van der Waals surface area contributed by atoms with E-state index in [4.69, 9.17) is 11.6 Å². The minimum atomic E-state index is 0.272. The molecule has 110 valence electrons. The summed E-state index contributed by atoms with van der Waals surface area (Å²) in [5, 5.41) is 0. The van der Waals surface area contributed by atoms with Crippen molar-refractivity contribution >= 4 is 23.5 Å². The Morgan fingerprint density at radius 3 is 2.50 bits per heavy atom. The van der Waals surface area contributed by atoms with Crippen molar-refractivity contribution in [2.45, 2.75) is 45.4 Å². The third-order valence-corrected chi connectivity index (χ3v) is 3.64. The van der Waals surface area contributed by atoms with E-state index in [9.17, 15) is 4.79 Å². The summed E-state index contributed by atoms with van der Waals surface area (Å²) in [5.41, 5.74) is 1.20. The summed E-state index contributed by atoms with van der Waals surface area (Å²) < 4.78 is 0. The molecule has 0 N–H and O–H groups in total. The fourth-order valence-corrected chi connectivity index (χ4v) is 2.49. The number of carbonyl (C=O) groups is 1. The number of alkyl halides is 1. The first kappa shape index (κ1) is 17.0. The molecule has 0 saturated carbocycles. The van der Waals surface area contributed by atoms with Gasteiger partial charge in [0.1, 0.15) is 5.78 Å². The van der Waals surface area contributed by atoms with Gasteiger partial charge >= 0.3 is 0 Å². The third-order valence-electron chi connectivity index (χ3n) is 3.37. The highest BCUT2D eigenvalue weighted by Crippen LogP contribution is 2.18. The first-order valence-electron chi connectivity index (χ1n) is 7.51. The lowest BCUT2D eigenvalue weighted by Crippen LogP contribution is -2.03. The second-order valence-corrected chi connectivity index (χ2v) is 5.71. The number of Topliss-reactive ketones (excluding diaryl/α,β-unsaturated/α-hetero) is 1. The molecule has 0 radical (unpaired) electrons. The quantitative estimate of drug-likeness (QED) is 0.412. The smallest absolute Gasteiger partial charge is 0.130 e. The van der Waals surface area contributed by atoms with Crippen molar-refractivity contribution in [2.75, 3.05) is 5.88 Å². The first-order chi connectivity index (χ1) is 9.72. The van der Waals surface area contributed by atoms with E-state index in [1.54, 1.807) is 6.92 Å². The van der Waals surface area contributed by atoms with Crippen LogP contribution in [0.25, 0.3) is 6.08 Å². The van der Waals surface area contributed by atoms with Crippen LogP contribution in [-0.4, -0.2) is 11.7 Å². The standard InChI is InChI=1S/C18H25ClO/c1-16(20)15-18(11-5-2-3-8-14-19)13-12-17-9-6-4-7-10-17/h4,6-7,9-10,12-13,18H,2-3,5,8,11,14-15H2,1H3/b13-12+/t18-/m1/s1. The summed E-state index contributed by atoms with van der Waals surface area (Å²) in [6.07, 6.45) is 10.7. The molecule has 0 bridgehead atoms. The molecule has 20 heavy (non-hydrogen) atoms. The Hall–Kier alpha value is -1.08. The Kier molecular flexibility index (Phi) is 9.06. The van der Waals surface area contributed by atoms with E-state index < -0.39 is 0 Å². The largest absolute Gasteiger partial charge is 0.300 e. The summed E-state index contributed by atoms with van der Waals surface area (Å²) in [4.78, 5) is 11.3. The highest BCUT2D eigenvalue weighted by molar-refractivity contribution is 6.17. The summed E-state index contributed by atoms with van der Waals surface area (Å²) >= 11 is 5.67. The van der Waals surface area contributed by atoms with Crippen LogP contribution in [0.3, 0.4) is 0 Å². The Morgan fingerprint density at radius 1 is 1.15 bits per heavy atom. The van der Waals surface area contributed by atoms with E-state index in [0.717, 1.165) is 18.7 Å². The van der Waals surface area contributed by atoms with Crippen LogP contribution in [0.5, 0.6) is 0 Å². The topological polar surface area (TPSA) is 17.1 Å². The minimum absolute atomic E-state index is 0.272. The van der Waals surface area contributed by atoms with Crippen LogP contribution in [0.1, 0.15) is 51.0 Å². The van der Waals surface area contributed by atoms with Crippen LogP contribution < -0.4 is 0 Å². The number of unbranched alkanes of at least 4 members (excludes halogenated alkanes) is 3. The molecule has 0 aliphatic heterocycles. The summed E-state index contributed by atoms with van der Waals surface area (Å²) in [5.74, 6) is 1.39. The molecule has 0 aromatic heterocycles. The van der Waals surface area contributed by atoms with E-state index in [1.807, 2.05) is 18.2 Å².